The minimum Gasteiger partial charge on any atom is -0.481 e. The Morgan fingerprint density at radius 3 is 2.26 bits per heavy atom. The van der Waals surface area contributed by atoms with Gasteiger partial charge in [0.25, 0.3) is 0 Å². The van der Waals surface area contributed by atoms with Gasteiger partial charge in [-0.15, -0.1) is 0 Å². The number of hydrogen-bond acceptors (Lipinski definition) is 2. The molecule has 4 heteroatoms. The molecule has 4 atom stereocenters. The van der Waals surface area contributed by atoms with Gasteiger partial charge in [0.05, 0.1) is 11.5 Å². The molecule has 0 aliphatic heterocycles. The first-order valence-electron chi connectivity index (χ1n) is 15.1. The topological polar surface area (TPSA) is 46.5 Å². The molecule has 3 nitrogen and oxygen atoms in total. The van der Waals surface area contributed by atoms with E-state index in [1.807, 2.05) is 54.6 Å². The van der Waals surface area contributed by atoms with E-state index in [2.05, 4.69) is 13.8 Å². The highest BCUT2D eigenvalue weighted by Gasteiger charge is 2.47. The SMILES string of the molecule is CCCCCCCCOC(CCC)CCC[C@@H]1CC[C@](C(=O)O)(c2ccc(-c3ccccc3)cc2)CC1F. The van der Waals surface area contributed by atoms with Crippen molar-refractivity contribution >= 4 is 5.97 Å². The van der Waals surface area contributed by atoms with Gasteiger partial charge in [-0.1, -0.05) is 113 Å². The van der Waals surface area contributed by atoms with E-state index in [0.717, 1.165) is 61.8 Å². The maximum atomic E-state index is 15.5. The number of carbonyl (C=O) groups is 1. The third-order valence-corrected chi connectivity index (χ3v) is 8.51. The number of aliphatic carboxylic acids is 1. The second-order valence-electron chi connectivity index (χ2n) is 11.3. The first-order valence-corrected chi connectivity index (χ1v) is 15.1. The average Bonchev–Trinajstić information content (AvgIpc) is 2.93. The van der Waals surface area contributed by atoms with Crippen molar-refractivity contribution in [2.45, 2.75) is 121 Å². The van der Waals surface area contributed by atoms with Gasteiger partial charge in [0.15, 0.2) is 0 Å². The lowest BCUT2D eigenvalue weighted by Gasteiger charge is -2.39. The van der Waals surface area contributed by atoms with Crippen LogP contribution in [0.2, 0.25) is 0 Å². The Labute approximate surface area is 230 Å². The molecule has 0 heterocycles. The molecule has 0 amide bonds. The van der Waals surface area contributed by atoms with E-state index in [0.29, 0.717) is 12.8 Å². The van der Waals surface area contributed by atoms with E-state index >= 15 is 4.39 Å². The first kappa shape index (κ1) is 30.3. The van der Waals surface area contributed by atoms with Crippen LogP contribution in [0, 0.1) is 5.92 Å². The summed E-state index contributed by atoms with van der Waals surface area (Å²) in [4.78, 5) is 12.5. The number of alkyl halides is 1. The Morgan fingerprint density at radius 2 is 1.61 bits per heavy atom. The van der Waals surface area contributed by atoms with Gasteiger partial charge in [-0.2, -0.15) is 0 Å². The van der Waals surface area contributed by atoms with Gasteiger partial charge in [0.2, 0.25) is 0 Å². The largest absolute Gasteiger partial charge is 0.481 e. The summed E-state index contributed by atoms with van der Waals surface area (Å²) in [5.41, 5.74) is 1.71. The van der Waals surface area contributed by atoms with E-state index in [-0.39, 0.29) is 18.4 Å². The Kier molecular flexibility index (Phi) is 12.8. The van der Waals surface area contributed by atoms with Crippen molar-refractivity contribution in [3.05, 3.63) is 60.2 Å². The molecule has 0 aromatic heterocycles. The lowest BCUT2D eigenvalue weighted by Crippen LogP contribution is -2.44. The number of benzene rings is 2. The highest BCUT2D eigenvalue weighted by Crippen LogP contribution is 2.45. The summed E-state index contributed by atoms with van der Waals surface area (Å²) in [6.45, 7) is 5.26. The molecule has 1 fully saturated rings. The molecule has 1 aliphatic carbocycles. The number of rotatable bonds is 17. The van der Waals surface area contributed by atoms with Crippen molar-refractivity contribution in [1.29, 1.82) is 0 Å². The van der Waals surface area contributed by atoms with Crippen molar-refractivity contribution in [3.8, 4) is 11.1 Å². The van der Waals surface area contributed by atoms with E-state index in [4.69, 9.17) is 4.74 Å². The molecule has 0 saturated heterocycles. The minimum atomic E-state index is -1.14. The monoisotopic (exact) mass is 524 g/mol. The molecule has 2 aromatic rings. The standard InChI is InChI=1S/C34H49FO3/c1-3-5-6-7-8-12-25-38-31(14-4-2)18-13-17-29-23-24-34(33(36)37,26-32(29)35)30-21-19-28(20-22-30)27-15-10-9-11-16-27/h9-11,15-16,19-22,29,31-32H,3-8,12-14,17-18,23-26H2,1-2H3,(H,36,37)/t29-,31?,32?,34-/m1/s1. The van der Waals surface area contributed by atoms with Crippen molar-refractivity contribution in [1.82, 2.24) is 0 Å². The van der Waals surface area contributed by atoms with Crippen LogP contribution in [0.3, 0.4) is 0 Å². The summed E-state index contributed by atoms with van der Waals surface area (Å²) in [5, 5.41) is 10.2. The zero-order chi connectivity index (χ0) is 27.2. The fraction of sp³-hybridized carbons (Fsp3) is 0.618. The second-order valence-corrected chi connectivity index (χ2v) is 11.3. The summed E-state index contributed by atoms with van der Waals surface area (Å²) < 4.78 is 21.7. The predicted molar refractivity (Wildman–Crippen MR) is 155 cm³/mol. The molecule has 2 aromatic carbocycles. The zero-order valence-electron chi connectivity index (χ0n) is 23.7. The van der Waals surface area contributed by atoms with Crippen LogP contribution >= 0.6 is 0 Å². The van der Waals surface area contributed by atoms with Crippen LogP contribution in [0.1, 0.15) is 109 Å². The smallest absolute Gasteiger partial charge is 0.314 e. The molecule has 1 aliphatic rings. The van der Waals surface area contributed by atoms with E-state index in [9.17, 15) is 9.90 Å². The third kappa shape index (κ3) is 8.66. The molecule has 0 radical (unpaired) electrons. The zero-order valence-corrected chi connectivity index (χ0v) is 23.7. The van der Waals surface area contributed by atoms with Crippen molar-refractivity contribution in [2.24, 2.45) is 5.92 Å². The van der Waals surface area contributed by atoms with Gasteiger partial charge in [-0.3, -0.25) is 4.79 Å². The van der Waals surface area contributed by atoms with Crippen LogP contribution in [0.4, 0.5) is 4.39 Å². The lowest BCUT2D eigenvalue weighted by molar-refractivity contribution is -0.147. The molecule has 1 saturated carbocycles. The van der Waals surface area contributed by atoms with Gasteiger partial charge in [-0.25, -0.2) is 4.39 Å². The van der Waals surface area contributed by atoms with E-state index in [1.54, 1.807) is 0 Å². The van der Waals surface area contributed by atoms with Gasteiger partial charge in [0.1, 0.15) is 6.17 Å². The fourth-order valence-electron chi connectivity index (χ4n) is 6.10. The fourth-order valence-corrected chi connectivity index (χ4v) is 6.10. The van der Waals surface area contributed by atoms with Crippen LogP contribution in [0.5, 0.6) is 0 Å². The van der Waals surface area contributed by atoms with Crippen molar-refractivity contribution < 1.29 is 19.0 Å². The van der Waals surface area contributed by atoms with Crippen molar-refractivity contribution in [3.63, 3.8) is 0 Å². The summed E-state index contributed by atoms with van der Waals surface area (Å²) >= 11 is 0. The molecular weight excluding hydrogens is 475 g/mol. The molecule has 2 unspecified atom stereocenters. The van der Waals surface area contributed by atoms with Crippen LogP contribution in [-0.4, -0.2) is 30.0 Å². The lowest BCUT2D eigenvalue weighted by atomic mass is 9.65. The summed E-state index contributed by atoms with van der Waals surface area (Å²) in [5.74, 6) is -0.968. The molecule has 38 heavy (non-hydrogen) atoms. The van der Waals surface area contributed by atoms with Crippen LogP contribution in [0.25, 0.3) is 11.1 Å². The van der Waals surface area contributed by atoms with Crippen LogP contribution in [0.15, 0.2) is 54.6 Å². The normalized spacial score (nSPS) is 22.3. The van der Waals surface area contributed by atoms with E-state index in [1.165, 1.54) is 32.1 Å². The third-order valence-electron chi connectivity index (χ3n) is 8.51. The van der Waals surface area contributed by atoms with Gasteiger partial charge in [-0.05, 0) is 67.6 Å². The molecule has 1 N–H and O–H groups in total. The van der Waals surface area contributed by atoms with Gasteiger partial charge >= 0.3 is 5.97 Å². The summed E-state index contributed by atoms with van der Waals surface area (Å²) in [6.07, 6.45) is 12.8. The maximum absolute atomic E-state index is 15.5. The highest BCUT2D eigenvalue weighted by atomic mass is 19.1. The Balaban J connectivity index is 1.49. The Hall–Kier alpha value is -2.20. The van der Waals surface area contributed by atoms with Gasteiger partial charge in [0, 0.05) is 6.61 Å². The Morgan fingerprint density at radius 1 is 0.921 bits per heavy atom. The summed E-state index contributed by atoms with van der Waals surface area (Å²) in [7, 11) is 0. The maximum Gasteiger partial charge on any atom is 0.314 e. The number of hydrogen-bond donors (Lipinski definition) is 1. The van der Waals surface area contributed by atoms with Crippen LogP contribution in [-0.2, 0) is 14.9 Å². The number of ether oxygens (including phenoxy) is 1. The Bertz CT molecular complexity index is 929. The molecule has 0 bridgehead atoms. The molecule has 3 rings (SSSR count). The van der Waals surface area contributed by atoms with E-state index < -0.39 is 17.6 Å². The first-order chi connectivity index (χ1) is 18.5. The van der Waals surface area contributed by atoms with Crippen molar-refractivity contribution in [2.75, 3.05) is 6.61 Å². The number of unbranched alkanes of at least 4 members (excludes halogenated alkanes) is 5. The molecule has 0 spiro atoms. The minimum absolute atomic E-state index is 0.0601. The summed E-state index contributed by atoms with van der Waals surface area (Å²) in [6, 6.07) is 17.7. The molecular formula is C34H49FO3. The van der Waals surface area contributed by atoms with Gasteiger partial charge < -0.3 is 9.84 Å². The number of carboxylic acid groups (broad SMARTS) is 1. The van der Waals surface area contributed by atoms with Crippen LogP contribution < -0.4 is 0 Å². The predicted octanol–water partition coefficient (Wildman–Crippen LogP) is 9.53. The molecule has 210 valence electrons. The second kappa shape index (κ2) is 16.0. The highest BCUT2D eigenvalue weighted by molar-refractivity contribution is 5.82. The number of carboxylic acids is 1. The average molecular weight is 525 g/mol. The quantitative estimate of drug-likeness (QED) is 0.210. The number of halogens is 1.